The van der Waals surface area contributed by atoms with Gasteiger partial charge in [0.15, 0.2) is 0 Å². The highest BCUT2D eigenvalue weighted by atomic mass is 16.5. The van der Waals surface area contributed by atoms with Crippen LogP contribution in [0.15, 0.2) is 42.6 Å². The topological polar surface area (TPSA) is 48.1 Å². The predicted molar refractivity (Wildman–Crippen MR) is 73.0 cm³/mol. The summed E-state index contributed by atoms with van der Waals surface area (Å²) >= 11 is 0. The number of ether oxygens (including phenoxy) is 1. The number of nitrogens with zero attached hydrogens (tertiary/aromatic N) is 1. The molecule has 1 atom stereocenters. The van der Waals surface area contributed by atoms with Crippen LogP contribution in [0.2, 0.25) is 0 Å². The lowest BCUT2D eigenvalue weighted by Crippen LogP contribution is -2.01. The van der Waals surface area contributed by atoms with Crippen LogP contribution in [0.25, 0.3) is 11.3 Å². The third-order valence-electron chi connectivity index (χ3n) is 3.12. The van der Waals surface area contributed by atoms with E-state index in [0.717, 1.165) is 22.4 Å². The average molecular weight is 242 g/mol. The Morgan fingerprint density at radius 2 is 1.94 bits per heavy atom. The van der Waals surface area contributed by atoms with E-state index in [1.807, 2.05) is 19.1 Å². The molecule has 0 saturated heterocycles. The molecule has 0 bridgehead atoms. The molecular weight excluding hydrogens is 224 g/mol. The summed E-state index contributed by atoms with van der Waals surface area (Å²) in [4.78, 5) is 4.40. The number of hydrogen-bond acceptors (Lipinski definition) is 3. The van der Waals surface area contributed by atoms with Gasteiger partial charge in [0.05, 0.1) is 11.8 Å². The monoisotopic (exact) mass is 242 g/mol. The summed E-state index contributed by atoms with van der Waals surface area (Å²) in [5, 5.41) is 0. The van der Waals surface area contributed by atoms with Crippen LogP contribution < -0.4 is 5.73 Å². The Labute approximate surface area is 108 Å². The van der Waals surface area contributed by atoms with E-state index in [0.29, 0.717) is 6.54 Å². The Morgan fingerprint density at radius 3 is 2.56 bits per heavy atom. The van der Waals surface area contributed by atoms with E-state index < -0.39 is 0 Å². The quantitative estimate of drug-likeness (QED) is 0.896. The van der Waals surface area contributed by atoms with Crippen LogP contribution in [-0.2, 0) is 11.3 Å². The van der Waals surface area contributed by atoms with Crippen LogP contribution in [0, 0.1) is 0 Å². The zero-order chi connectivity index (χ0) is 13.0. The molecule has 0 aliphatic heterocycles. The molecule has 0 fully saturated rings. The lowest BCUT2D eigenvalue weighted by molar-refractivity contribution is 0.119. The Bertz CT molecular complexity index is 508. The molecular formula is C15H18N2O. The van der Waals surface area contributed by atoms with Crippen molar-refractivity contribution in [3.05, 3.63) is 53.7 Å². The van der Waals surface area contributed by atoms with Crippen molar-refractivity contribution < 1.29 is 4.74 Å². The van der Waals surface area contributed by atoms with Crippen LogP contribution in [0.3, 0.4) is 0 Å². The zero-order valence-corrected chi connectivity index (χ0v) is 10.8. The second kappa shape index (κ2) is 5.76. The van der Waals surface area contributed by atoms with Crippen molar-refractivity contribution in [2.45, 2.75) is 19.6 Å². The van der Waals surface area contributed by atoms with Crippen molar-refractivity contribution in [2.24, 2.45) is 5.73 Å². The summed E-state index contributed by atoms with van der Waals surface area (Å²) in [6.07, 6.45) is 1.90. The van der Waals surface area contributed by atoms with E-state index in [2.05, 4.69) is 29.2 Å². The summed E-state index contributed by atoms with van der Waals surface area (Å²) in [6.45, 7) is 2.53. The largest absolute Gasteiger partial charge is 0.377 e. The zero-order valence-electron chi connectivity index (χ0n) is 10.8. The van der Waals surface area contributed by atoms with Crippen molar-refractivity contribution >= 4 is 0 Å². The summed E-state index contributed by atoms with van der Waals surface area (Å²) < 4.78 is 5.29. The van der Waals surface area contributed by atoms with Gasteiger partial charge in [-0.05, 0) is 24.1 Å². The molecule has 94 valence electrons. The molecule has 3 nitrogen and oxygen atoms in total. The van der Waals surface area contributed by atoms with E-state index in [-0.39, 0.29) is 6.10 Å². The molecule has 2 aromatic rings. The number of benzene rings is 1. The second-order valence-electron chi connectivity index (χ2n) is 4.22. The maximum atomic E-state index is 5.73. The molecule has 2 rings (SSSR count). The fourth-order valence-corrected chi connectivity index (χ4v) is 1.91. The minimum absolute atomic E-state index is 0.108. The molecule has 0 aliphatic rings. The van der Waals surface area contributed by atoms with E-state index in [4.69, 9.17) is 10.5 Å². The third kappa shape index (κ3) is 2.58. The van der Waals surface area contributed by atoms with Gasteiger partial charge < -0.3 is 10.5 Å². The van der Waals surface area contributed by atoms with Gasteiger partial charge in [0.1, 0.15) is 0 Å². The molecule has 1 aromatic heterocycles. The molecule has 1 heterocycles. The number of hydrogen-bond donors (Lipinski definition) is 1. The van der Waals surface area contributed by atoms with Gasteiger partial charge in [-0.2, -0.15) is 0 Å². The highest BCUT2D eigenvalue weighted by Gasteiger charge is 2.07. The smallest absolute Gasteiger partial charge is 0.0793 e. The maximum absolute atomic E-state index is 5.73. The molecule has 0 saturated carbocycles. The van der Waals surface area contributed by atoms with E-state index >= 15 is 0 Å². The average Bonchev–Trinajstić information content (AvgIpc) is 2.46. The standard InChI is InChI=1S/C15H18N2O/c1-11(18-2)12-5-7-13(8-6-12)15-14(10-16)4-3-9-17-15/h3-9,11H,10,16H2,1-2H3/t11-/m1/s1. The third-order valence-corrected chi connectivity index (χ3v) is 3.12. The van der Waals surface area contributed by atoms with E-state index in [9.17, 15) is 0 Å². The first-order valence-corrected chi connectivity index (χ1v) is 6.03. The van der Waals surface area contributed by atoms with Crippen LogP contribution in [-0.4, -0.2) is 12.1 Å². The van der Waals surface area contributed by atoms with Crippen LogP contribution in [0.1, 0.15) is 24.2 Å². The molecule has 3 heteroatoms. The first-order valence-electron chi connectivity index (χ1n) is 6.03. The number of aromatic nitrogens is 1. The number of methoxy groups -OCH3 is 1. The fraction of sp³-hybridized carbons (Fsp3) is 0.267. The molecule has 18 heavy (non-hydrogen) atoms. The first-order chi connectivity index (χ1) is 8.76. The molecule has 1 aromatic carbocycles. The van der Waals surface area contributed by atoms with Crippen LogP contribution >= 0.6 is 0 Å². The van der Waals surface area contributed by atoms with Crippen molar-refractivity contribution in [3.63, 3.8) is 0 Å². The van der Waals surface area contributed by atoms with Gasteiger partial charge in [-0.3, -0.25) is 4.98 Å². The number of nitrogens with two attached hydrogens (primary N) is 1. The predicted octanol–water partition coefficient (Wildman–Crippen LogP) is 2.91. The molecule has 0 amide bonds. The van der Waals surface area contributed by atoms with Gasteiger partial charge in [0, 0.05) is 25.4 Å². The van der Waals surface area contributed by atoms with Crippen LogP contribution in [0.4, 0.5) is 0 Å². The fourth-order valence-electron chi connectivity index (χ4n) is 1.91. The van der Waals surface area contributed by atoms with E-state index in [1.165, 1.54) is 0 Å². The van der Waals surface area contributed by atoms with Gasteiger partial charge in [0.2, 0.25) is 0 Å². The Hall–Kier alpha value is -1.71. The Kier molecular flexibility index (Phi) is 4.07. The van der Waals surface area contributed by atoms with Gasteiger partial charge >= 0.3 is 0 Å². The lowest BCUT2D eigenvalue weighted by Gasteiger charge is -2.11. The number of pyridine rings is 1. The minimum Gasteiger partial charge on any atom is -0.377 e. The summed E-state index contributed by atoms with van der Waals surface area (Å²) in [7, 11) is 1.71. The van der Waals surface area contributed by atoms with Crippen molar-refractivity contribution in [2.75, 3.05) is 7.11 Å². The molecule has 0 aliphatic carbocycles. The van der Waals surface area contributed by atoms with Crippen molar-refractivity contribution in [1.82, 2.24) is 4.98 Å². The Morgan fingerprint density at radius 1 is 1.22 bits per heavy atom. The first kappa shape index (κ1) is 12.7. The Balaban J connectivity index is 2.34. The normalized spacial score (nSPS) is 12.4. The number of rotatable bonds is 4. The van der Waals surface area contributed by atoms with Crippen molar-refractivity contribution in [1.29, 1.82) is 0 Å². The van der Waals surface area contributed by atoms with Crippen molar-refractivity contribution in [3.8, 4) is 11.3 Å². The molecule has 0 unspecified atom stereocenters. The summed E-state index contributed by atoms with van der Waals surface area (Å²) in [5.74, 6) is 0. The minimum atomic E-state index is 0.108. The van der Waals surface area contributed by atoms with Crippen LogP contribution in [0.5, 0.6) is 0 Å². The van der Waals surface area contributed by atoms with Gasteiger partial charge in [-0.1, -0.05) is 30.3 Å². The SMILES string of the molecule is CO[C@H](C)c1ccc(-c2ncccc2CN)cc1. The maximum Gasteiger partial charge on any atom is 0.0793 e. The van der Waals surface area contributed by atoms with Gasteiger partial charge in [-0.25, -0.2) is 0 Å². The van der Waals surface area contributed by atoms with Gasteiger partial charge in [0.25, 0.3) is 0 Å². The highest BCUT2D eigenvalue weighted by Crippen LogP contribution is 2.23. The summed E-state index contributed by atoms with van der Waals surface area (Å²) in [6, 6.07) is 12.2. The molecule has 0 spiro atoms. The highest BCUT2D eigenvalue weighted by molar-refractivity contribution is 5.63. The molecule has 2 N–H and O–H groups in total. The van der Waals surface area contributed by atoms with Gasteiger partial charge in [-0.15, -0.1) is 0 Å². The molecule has 0 radical (unpaired) electrons. The second-order valence-corrected chi connectivity index (χ2v) is 4.22. The summed E-state index contributed by atoms with van der Waals surface area (Å²) in [5.41, 5.74) is 9.99. The van der Waals surface area contributed by atoms with E-state index in [1.54, 1.807) is 13.3 Å². The lowest BCUT2D eigenvalue weighted by atomic mass is 10.0.